The largest absolute Gasteiger partial charge is 0.316 e. The molecular formula is C16H18N4OS4. The fourth-order valence-electron chi connectivity index (χ4n) is 2.69. The Kier molecular flexibility index (Phi) is 6.39. The minimum absolute atomic E-state index is 0.0983. The van der Waals surface area contributed by atoms with Gasteiger partial charge in [-0.25, -0.2) is 0 Å². The van der Waals surface area contributed by atoms with Crippen molar-refractivity contribution in [3.05, 3.63) is 16.0 Å². The predicted octanol–water partition coefficient (Wildman–Crippen LogP) is 4.58. The number of nitrogens with zero attached hydrogens (tertiary/aromatic N) is 3. The van der Waals surface area contributed by atoms with Crippen LogP contribution in [0.15, 0.2) is 8.68 Å². The van der Waals surface area contributed by atoms with E-state index >= 15 is 0 Å². The second-order valence-electron chi connectivity index (χ2n) is 5.67. The van der Waals surface area contributed by atoms with E-state index in [9.17, 15) is 10.1 Å². The molecule has 3 rings (SSSR count). The van der Waals surface area contributed by atoms with Gasteiger partial charge in [0, 0.05) is 4.88 Å². The summed E-state index contributed by atoms with van der Waals surface area (Å²) in [6.45, 7) is 1.85. The van der Waals surface area contributed by atoms with Crippen LogP contribution in [0.4, 0.5) is 5.00 Å². The molecule has 9 heteroatoms. The Labute approximate surface area is 163 Å². The Hall–Kier alpha value is -1.08. The van der Waals surface area contributed by atoms with E-state index in [0.717, 1.165) is 39.9 Å². The molecular weight excluding hydrogens is 392 g/mol. The third-order valence-electron chi connectivity index (χ3n) is 3.98. The lowest BCUT2D eigenvalue weighted by Gasteiger charge is -2.09. The van der Waals surface area contributed by atoms with Gasteiger partial charge < -0.3 is 5.32 Å². The average molecular weight is 411 g/mol. The van der Waals surface area contributed by atoms with Crippen molar-refractivity contribution in [2.45, 2.75) is 53.0 Å². The zero-order valence-corrected chi connectivity index (χ0v) is 17.3. The molecule has 1 amide bonds. The van der Waals surface area contributed by atoms with Crippen LogP contribution in [0.1, 0.15) is 42.2 Å². The Balaban J connectivity index is 1.71. The summed E-state index contributed by atoms with van der Waals surface area (Å²) in [7, 11) is 0. The molecule has 2 aromatic rings. The zero-order chi connectivity index (χ0) is 17.8. The summed E-state index contributed by atoms with van der Waals surface area (Å²) in [5.41, 5.74) is 1.81. The van der Waals surface area contributed by atoms with Gasteiger partial charge in [-0.2, -0.15) is 5.26 Å². The number of nitriles is 1. The molecule has 0 spiro atoms. The third-order valence-corrected chi connectivity index (χ3v) is 8.27. The summed E-state index contributed by atoms with van der Waals surface area (Å²) in [6.07, 6.45) is 7.39. The maximum Gasteiger partial charge on any atom is 0.238 e. The van der Waals surface area contributed by atoms with E-state index in [-0.39, 0.29) is 11.2 Å². The Morgan fingerprint density at radius 1 is 1.24 bits per heavy atom. The third kappa shape index (κ3) is 4.37. The maximum atomic E-state index is 12.6. The number of nitrogens with one attached hydrogen (secondary N) is 1. The van der Waals surface area contributed by atoms with Gasteiger partial charge in [-0.1, -0.05) is 41.3 Å². The summed E-state index contributed by atoms with van der Waals surface area (Å²) in [4.78, 5) is 13.8. The number of thiophene rings is 1. The number of rotatable bonds is 5. The Bertz CT molecular complexity index is 808. The number of hydrogen-bond acceptors (Lipinski definition) is 8. The van der Waals surface area contributed by atoms with E-state index in [2.05, 4.69) is 21.6 Å². The molecule has 2 aromatic heterocycles. The van der Waals surface area contributed by atoms with Crippen LogP contribution in [0.25, 0.3) is 0 Å². The van der Waals surface area contributed by atoms with Crippen LogP contribution in [0.3, 0.4) is 0 Å². The molecule has 0 bridgehead atoms. The van der Waals surface area contributed by atoms with Gasteiger partial charge in [-0.3, -0.25) is 4.79 Å². The van der Waals surface area contributed by atoms with Gasteiger partial charge in [0.15, 0.2) is 8.68 Å². The normalized spacial score (nSPS) is 15.1. The SMILES string of the molecule is CSc1nnc(S[C@H](C)C(=O)Nc2sc3c(c2C#N)CCCCC3)s1. The zero-order valence-electron chi connectivity index (χ0n) is 14.0. The predicted molar refractivity (Wildman–Crippen MR) is 106 cm³/mol. The topological polar surface area (TPSA) is 78.7 Å². The first-order valence-corrected chi connectivity index (χ1v) is 11.8. The molecule has 0 aromatic carbocycles. The summed E-state index contributed by atoms with van der Waals surface area (Å²) in [5.74, 6) is -0.0983. The minimum atomic E-state index is -0.295. The van der Waals surface area contributed by atoms with Crippen LogP contribution in [-0.2, 0) is 17.6 Å². The molecule has 25 heavy (non-hydrogen) atoms. The van der Waals surface area contributed by atoms with E-state index in [0.29, 0.717) is 10.6 Å². The summed E-state index contributed by atoms with van der Waals surface area (Å²) < 4.78 is 1.68. The number of carbonyl (C=O) groups excluding carboxylic acids is 1. The van der Waals surface area contributed by atoms with Gasteiger partial charge in [0.25, 0.3) is 0 Å². The van der Waals surface area contributed by atoms with Crippen molar-refractivity contribution in [1.82, 2.24) is 10.2 Å². The Morgan fingerprint density at radius 2 is 2.00 bits per heavy atom. The van der Waals surface area contributed by atoms with Gasteiger partial charge in [0.1, 0.15) is 11.1 Å². The fourth-order valence-corrected chi connectivity index (χ4v) is 6.52. The molecule has 132 valence electrons. The first kappa shape index (κ1) is 18.7. The van der Waals surface area contributed by atoms with Gasteiger partial charge in [-0.05, 0) is 44.4 Å². The summed E-state index contributed by atoms with van der Waals surface area (Å²) in [5, 5.41) is 21.1. The highest BCUT2D eigenvalue weighted by atomic mass is 32.2. The maximum absolute atomic E-state index is 12.6. The van der Waals surface area contributed by atoms with E-state index < -0.39 is 0 Å². The average Bonchev–Trinajstić information content (AvgIpc) is 3.11. The van der Waals surface area contributed by atoms with Crippen LogP contribution in [0, 0.1) is 11.3 Å². The lowest BCUT2D eigenvalue weighted by atomic mass is 10.1. The molecule has 0 fully saturated rings. The second-order valence-corrected chi connectivity index (χ2v) is 10.4. The lowest BCUT2D eigenvalue weighted by molar-refractivity contribution is -0.115. The van der Waals surface area contributed by atoms with Crippen molar-refractivity contribution in [2.24, 2.45) is 0 Å². The van der Waals surface area contributed by atoms with Crippen LogP contribution in [0.2, 0.25) is 0 Å². The summed E-state index contributed by atoms with van der Waals surface area (Å²) >= 11 is 6.00. The van der Waals surface area contributed by atoms with E-state index in [1.807, 2.05) is 13.2 Å². The van der Waals surface area contributed by atoms with Crippen LogP contribution < -0.4 is 5.32 Å². The molecule has 2 heterocycles. The number of thioether (sulfide) groups is 2. The number of aryl methyl sites for hydroxylation is 1. The van der Waals surface area contributed by atoms with E-state index in [4.69, 9.17) is 0 Å². The highest BCUT2D eigenvalue weighted by Crippen LogP contribution is 2.37. The molecule has 0 unspecified atom stereocenters. The van der Waals surface area contributed by atoms with Gasteiger partial charge in [0.05, 0.1) is 10.8 Å². The van der Waals surface area contributed by atoms with Crippen molar-refractivity contribution in [3.8, 4) is 6.07 Å². The number of amides is 1. The van der Waals surface area contributed by atoms with E-state index in [1.165, 1.54) is 34.4 Å². The van der Waals surface area contributed by atoms with Gasteiger partial charge in [0.2, 0.25) is 5.91 Å². The van der Waals surface area contributed by atoms with Gasteiger partial charge in [-0.15, -0.1) is 21.5 Å². The molecule has 1 aliphatic rings. The molecule has 1 atom stereocenters. The minimum Gasteiger partial charge on any atom is -0.316 e. The van der Waals surface area contributed by atoms with Crippen LogP contribution >= 0.6 is 46.2 Å². The van der Waals surface area contributed by atoms with Crippen molar-refractivity contribution < 1.29 is 4.79 Å². The van der Waals surface area contributed by atoms with Crippen molar-refractivity contribution in [1.29, 1.82) is 5.26 Å². The van der Waals surface area contributed by atoms with Crippen molar-refractivity contribution >= 4 is 57.1 Å². The molecule has 5 nitrogen and oxygen atoms in total. The molecule has 1 N–H and O–H groups in total. The fraction of sp³-hybridized carbons (Fsp3) is 0.500. The second kappa shape index (κ2) is 8.54. The number of carbonyl (C=O) groups is 1. The molecule has 0 saturated carbocycles. The van der Waals surface area contributed by atoms with Crippen LogP contribution in [-0.4, -0.2) is 27.6 Å². The standard InChI is InChI=1S/C16H18N4OS4/c1-9(23-16-20-19-15(22-2)25-16)13(21)18-14-11(8-17)10-6-4-3-5-7-12(10)24-14/h9H,3-7H2,1-2H3,(H,18,21)/t9-/m1/s1. The molecule has 0 aliphatic heterocycles. The monoisotopic (exact) mass is 410 g/mol. The summed E-state index contributed by atoms with van der Waals surface area (Å²) in [6, 6.07) is 2.30. The first-order chi connectivity index (χ1) is 12.1. The smallest absolute Gasteiger partial charge is 0.238 e. The molecule has 0 saturated heterocycles. The van der Waals surface area contributed by atoms with Crippen LogP contribution in [0.5, 0.6) is 0 Å². The number of fused-ring (bicyclic) bond motifs is 1. The highest BCUT2D eigenvalue weighted by molar-refractivity contribution is 8.03. The molecule has 1 aliphatic carbocycles. The van der Waals surface area contributed by atoms with Gasteiger partial charge >= 0.3 is 0 Å². The number of aromatic nitrogens is 2. The highest BCUT2D eigenvalue weighted by Gasteiger charge is 2.23. The van der Waals surface area contributed by atoms with Crippen molar-refractivity contribution in [2.75, 3.05) is 11.6 Å². The first-order valence-electron chi connectivity index (χ1n) is 8.02. The number of anilines is 1. The van der Waals surface area contributed by atoms with Crippen molar-refractivity contribution in [3.63, 3.8) is 0 Å². The number of hydrogen-bond donors (Lipinski definition) is 1. The Morgan fingerprint density at radius 3 is 2.72 bits per heavy atom. The quantitative estimate of drug-likeness (QED) is 0.574. The lowest BCUT2D eigenvalue weighted by Crippen LogP contribution is -2.22. The molecule has 0 radical (unpaired) electrons. The van der Waals surface area contributed by atoms with E-state index in [1.54, 1.807) is 23.1 Å².